The molecule has 15 heavy (non-hydrogen) atoms. The van der Waals surface area contributed by atoms with Crippen molar-refractivity contribution >= 4 is 11.8 Å². The summed E-state index contributed by atoms with van der Waals surface area (Å²) >= 11 is 1.67. The van der Waals surface area contributed by atoms with E-state index in [4.69, 9.17) is 5.73 Å². The summed E-state index contributed by atoms with van der Waals surface area (Å²) in [5.74, 6) is 0. The molecule has 84 valence electrons. The first-order chi connectivity index (χ1) is 7.22. The first-order valence-corrected chi connectivity index (χ1v) is 6.02. The first-order valence-electron chi connectivity index (χ1n) is 5.14. The normalized spacial score (nSPS) is 31.7. The van der Waals surface area contributed by atoms with Crippen molar-refractivity contribution < 1.29 is 5.11 Å². The van der Waals surface area contributed by atoms with E-state index in [1.54, 1.807) is 11.8 Å². The van der Waals surface area contributed by atoms with Crippen molar-refractivity contribution in [1.82, 2.24) is 15.2 Å². The molecule has 1 aromatic rings. The smallest absolute Gasteiger partial charge is 0.183 e. The van der Waals surface area contributed by atoms with E-state index in [0.29, 0.717) is 5.25 Å². The van der Waals surface area contributed by atoms with Gasteiger partial charge in [-0.1, -0.05) is 18.2 Å². The summed E-state index contributed by atoms with van der Waals surface area (Å²) in [6.07, 6.45) is 5.46. The molecular formula is C9H16N4OS. The molecule has 1 heterocycles. The molecule has 6 heteroatoms. The predicted octanol–water partition coefficient (Wildman–Crippen LogP) is 0.529. The van der Waals surface area contributed by atoms with Crippen molar-refractivity contribution in [2.24, 2.45) is 5.73 Å². The van der Waals surface area contributed by atoms with E-state index in [2.05, 4.69) is 15.2 Å². The van der Waals surface area contributed by atoms with Crippen molar-refractivity contribution in [3.05, 3.63) is 6.33 Å². The number of aliphatic hydroxyl groups is 1. The van der Waals surface area contributed by atoms with Gasteiger partial charge in [-0.05, 0) is 19.3 Å². The highest BCUT2D eigenvalue weighted by Gasteiger charge is 2.32. The van der Waals surface area contributed by atoms with Gasteiger partial charge in [0.1, 0.15) is 6.33 Å². The zero-order valence-electron chi connectivity index (χ0n) is 8.52. The molecular weight excluding hydrogens is 212 g/mol. The third-order valence-electron chi connectivity index (χ3n) is 2.82. The van der Waals surface area contributed by atoms with Gasteiger partial charge in [-0.25, -0.2) is 4.98 Å². The molecule has 0 bridgehead atoms. The second kappa shape index (κ2) is 4.51. The van der Waals surface area contributed by atoms with Crippen LogP contribution in [-0.2, 0) is 0 Å². The maximum Gasteiger partial charge on any atom is 0.183 e. The third-order valence-corrected chi connectivity index (χ3v) is 3.98. The lowest BCUT2D eigenvalue weighted by Crippen LogP contribution is -2.48. The Morgan fingerprint density at radius 1 is 1.73 bits per heavy atom. The molecule has 1 aromatic heterocycles. The zero-order valence-corrected chi connectivity index (χ0v) is 9.33. The van der Waals surface area contributed by atoms with E-state index in [-0.39, 0.29) is 6.61 Å². The molecule has 0 saturated heterocycles. The minimum Gasteiger partial charge on any atom is -0.394 e. The molecule has 1 aliphatic carbocycles. The molecule has 2 atom stereocenters. The van der Waals surface area contributed by atoms with Crippen molar-refractivity contribution in [2.45, 2.75) is 41.6 Å². The molecule has 0 aromatic carbocycles. The predicted molar refractivity (Wildman–Crippen MR) is 58.5 cm³/mol. The number of aromatic amines is 1. The molecule has 0 amide bonds. The van der Waals surface area contributed by atoms with Crippen LogP contribution >= 0.6 is 11.8 Å². The highest BCUT2D eigenvalue weighted by Crippen LogP contribution is 2.35. The number of aliphatic hydroxyl groups excluding tert-OH is 1. The van der Waals surface area contributed by atoms with Crippen LogP contribution in [-0.4, -0.2) is 37.7 Å². The number of hydrogen-bond acceptors (Lipinski definition) is 5. The SMILES string of the molecule is NC1(CO)CCCC(Sc2ncn[nH]2)C1. The van der Waals surface area contributed by atoms with Gasteiger partial charge in [0.15, 0.2) is 5.16 Å². The number of H-pyrrole nitrogens is 1. The first kappa shape index (κ1) is 10.9. The summed E-state index contributed by atoms with van der Waals surface area (Å²) in [6.45, 7) is 0.0699. The van der Waals surface area contributed by atoms with Crippen LogP contribution in [0.15, 0.2) is 11.5 Å². The Balaban J connectivity index is 1.93. The fourth-order valence-corrected chi connectivity index (χ4v) is 3.22. The van der Waals surface area contributed by atoms with Crippen LogP contribution in [0.3, 0.4) is 0 Å². The van der Waals surface area contributed by atoms with Gasteiger partial charge in [-0.3, -0.25) is 5.10 Å². The molecule has 1 saturated carbocycles. The van der Waals surface area contributed by atoms with Crippen LogP contribution < -0.4 is 5.73 Å². The van der Waals surface area contributed by atoms with E-state index < -0.39 is 5.54 Å². The lowest BCUT2D eigenvalue weighted by molar-refractivity contribution is 0.159. The third kappa shape index (κ3) is 2.70. The number of hydrogen-bond donors (Lipinski definition) is 3. The van der Waals surface area contributed by atoms with Gasteiger partial charge < -0.3 is 10.8 Å². The molecule has 2 unspecified atom stereocenters. The lowest BCUT2D eigenvalue weighted by Gasteiger charge is -2.35. The van der Waals surface area contributed by atoms with Gasteiger partial charge in [-0.15, -0.1) is 0 Å². The van der Waals surface area contributed by atoms with Crippen LogP contribution in [0.1, 0.15) is 25.7 Å². The Bertz CT molecular complexity index is 305. The summed E-state index contributed by atoms with van der Waals surface area (Å²) in [4.78, 5) is 4.08. The molecule has 1 fully saturated rings. The number of thioether (sulfide) groups is 1. The molecule has 2 rings (SSSR count). The summed E-state index contributed by atoms with van der Waals surface area (Å²) in [7, 11) is 0. The van der Waals surface area contributed by atoms with Gasteiger partial charge in [-0.2, -0.15) is 5.10 Å². The van der Waals surface area contributed by atoms with Crippen molar-refractivity contribution in [2.75, 3.05) is 6.61 Å². The number of nitrogens with zero attached hydrogens (tertiary/aromatic N) is 2. The van der Waals surface area contributed by atoms with Crippen LogP contribution in [0.4, 0.5) is 0 Å². The molecule has 1 aliphatic rings. The van der Waals surface area contributed by atoms with E-state index >= 15 is 0 Å². The lowest BCUT2D eigenvalue weighted by atomic mass is 9.83. The van der Waals surface area contributed by atoms with E-state index in [1.165, 1.54) is 6.33 Å². The Kier molecular flexibility index (Phi) is 3.28. The Morgan fingerprint density at radius 2 is 2.60 bits per heavy atom. The average molecular weight is 228 g/mol. The molecule has 0 spiro atoms. The van der Waals surface area contributed by atoms with Gasteiger partial charge >= 0.3 is 0 Å². The Hall–Kier alpha value is -0.590. The summed E-state index contributed by atoms with van der Waals surface area (Å²) < 4.78 is 0. The van der Waals surface area contributed by atoms with Crippen molar-refractivity contribution in [3.8, 4) is 0 Å². The highest BCUT2D eigenvalue weighted by molar-refractivity contribution is 7.99. The topological polar surface area (TPSA) is 87.8 Å². The Labute approximate surface area is 92.9 Å². The zero-order chi connectivity index (χ0) is 10.7. The second-order valence-electron chi connectivity index (χ2n) is 4.15. The van der Waals surface area contributed by atoms with Crippen LogP contribution in [0.2, 0.25) is 0 Å². The average Bonchev–Trinajstić information content (AvgIpc) is 2.71. The molecule has 0 radical (unpaired) electrons. The van der Waals surface area contributed by atoms with E-state index in [9.17, 15) is 5.11 Å². The van der Waals surface area contributed by atoms with Crippen LogP contribution in [0.5, 0.6) is 0 Å². The van der Waals surface area contributed by atoms with Gasteiger partial charge in [0.25, 0.3) is 0 Å². The Morgan fingerprint density at radius 3 is 3.27 bits per heavy atom. The van der Waals surface area contributed by atoms with Gasteiger partial charge in [0.05, 0.1) is 6.61 Å². The molecule has 5 nitrogen and oxygen atoms in total. The highest BCUT2D eigenvalue weighted by atomic mass is 32.2. The van der Waals surface area contributed by atoms with Crippen molar-refractivity contribution in [1.29, 1.82) is 0 Å². The minimum absolute atomic E-state index is 0.0699. The standard InChI is InChI=1S/C9H16N4OS/c10-9(5-14)3-1-2-7(4-9)15-8-11-6-12-13-8/h6-7,14H,1-5,10H2,(H,11,12,13). The van der Waals surface area contributed by atoms with Gasteiger partial charge in [0.2, 0.25) is 0 Å². The van der Waals surface area contributed by atoms with Crippen LogP contribution in [0.25, 0.3) is 0 Å². The quantitative estimate of drug-likeness (QED) is 0.702. The fraction of sp³-hybridized carbons (Fsp3) is 0.778. The summed E-state index contributed by atoms with van der Waals surface area (Å²) in [6, 6.07) is 0. The van der Waals surface area contributed by atoms with Crippen molar-refractivity contribution in [3.63, 3.8) is 0 Å². The molecule has 0 aliphatic heterocycles. The number of nitrogens with one attached hydrogen (secondary N) is 1. The van der Waals surface area contributed by atoms with Gasteiger partial charge in [0, 0.05) is 10.8 Å². The second-order valence-corrected chi connectivity index (χ2v) is 5.44. The monoisotopic (exact) mass is 228 g/mol. The number of nitrogens with two attached hydrogens (primary N) is 1. The largest absolute Gasteiger partial charge is 0.394 e. The van der Waals surface area contributed by atoms with E-state index in [0.717, 1.165) is 30.8 Å². The molecule has 4 N–H and O–H groups in total. The maximum absolute atomic E-state index is 9.22. The summed E-state index contributed by atoms with van der Waals surface area (Å²) in [5.41, 5.74) is 5.68. The summed E-state index contributed by atoms with van der Waals surface area (Å²) in [5, 5.41) is 17.1. The number of aromatic nitrogens is 3. The minimum atomic E-state index is -0.393. The number of rotatable bonds is 3. The fourth-order valence-electron chi connectivity index (χ4n) is 1.99. The van der Waals surface area contributed by atoms with Crippen LogP contribution in [0, 0.1) is 0 Å². The van der Waals surface area contributed by atoms with E-state index in [1.807, 2.05) is 0 Å². The maximum atomic E-state index is 9.22.